The van der Waals surface area contributed by atoms with Gasteiger partial charge in [0.2, 0.25) is 0 Å². The van der Waals surface area contributed by atoms with Crippen LogP contribution in [-0.2, 0) is 0 Å². The van der Waals surface area contributed by atoms with Crippen molar-refractivity contribution in [1.82, 2.24) is 4.90 Å². The molecule has 0 saturated carbocycles. The molecule has 0 aromatic heterocycles. The van der Waals surface area contributed by atoms with Crippen LogP contribution in [0.1, 0.15) is 73.1 Å². The fourth-order valence-corrected chi connectivity index (χ4v) is 25.1. The van der Waals surface area contributed by atoms with Crippen LogP contribution in [0, 0.1) is 5.92 Å². The molecule has 0 N–H and O–H groups in total. The Morgan fingerprint density at radius 3 is 1.30 bits per heavy atom. The molecule has 0 heterocycles. The quantitative estimate of drug-likeness (QED) is 0.372. The van der Waals surface area contributed by atoms with Crippen LogP contribution in [0.5, 0.6) is 0 Å². The first-order chi connectivity index (χ1) is 9.45. The van der Waals surface area contributed by atoms with E-state index in [1.54, 1.807) is 13.3 Å². The number of rotatable bonds is 12. The molecule has 0 amide bonds. The summed E-state index contributed by atoms with van der Waals surface area (Å²) in [6.07, 6.45) is 8.61. The maximum absolute atomic E-state index is 2.61. The van der Waals surface area contributed by atoms with E-state index < -0.39 is 18.4 Å². The predicted octanol–water partition coefficient (Wildman–Crippen LogP) is 5.96. The molecule has 0 spiro atoms. The molecule has 0 aliphatic carbocycles. The Morgan fingerprint density at radius 1 is 0.750 bits per heavy atom. The van der Waals surface area contributed by atoms with Gasteiger partial charge < -0.3 is 0 Å². The normalized spacial score (nSPS) is 14.2. The van der Waals surface area contributed by atoms with Gasteiger partial charge >= 0.3 is 134 Å². The molecule has 0 bridgehead atoms. The van der Waals surface area contributed by atoms with Crippen molar-refractivity contribution in [2.24, 2.45) is 5.92 Å². The minimum absolute atomic E-state index is 0.839. The molecule has 2 heteroatoms. The van der Waals surface area contributed by atoms with E-state index in [2.05, 4.69) is 53.6 Å². The Morgan fingerprint density at radius 2 is 1.10 bits per heavy atom. The van der Waals surface area contributed by atoms with Gasteiger partial charge in [0.05, 0.1) is 0 Å². The van der Waals surface area contributed by atoms with Crippen LogP contribution in [0.25, 0.3) is 0 Å². The van der Waals surface area contributed by atoms with Gasteiger partial charge in [0, 0.05) is 0 Å². The van der Waals surface area contributed by atoms with Gasteiger partial charge in [-0.15, -0.1) is 0 Å². The fourth-order valence-electron chi connectivity index (χ4n) is 4.26. The molecule has 0 radical (unpaired) electrons. The Labute approximate surface area is 133 Å². The fraction of sp³-hybridized carbons (Fsp3) is 1.00. The zero-order valence-corrected chi connectivity index (χ0v) is 18.3. The van der Waals surface area contributed by atoms with Crippen LogP contribution in [0.4, 0.5) is 0 Å². The van der Waals surface area contributed by atoms with Crippen LogP contribution in [0.3, 0.4) is 0 Å². The van der Waals surface area contributed by atoms with Crippen molar-refractivity contribution in [3.63, 3.8) is 0 Å². The van der Waals surface area contributed by atoms with Gasteiger partial charge in [-0.3, -0.25) is 0 Å². The third-order valence-corrected chi connectivity index (χ3v) is 23.4. The van der Waals surface area contributed by atoms with Crippen molar-refractivity contribution >= 4 is 18.4 Å². The third-order valence-electron chi connectivity index (χ3n) is 4.90. The van der Waals surface area contributed by atoms with E-state index in [4.69, 9.17) is 0 Å². The molecule has 1 unspecified atom stereocenters. The average Bonchev–Trinajstić information content (AvgIpc) is 2.39. The van der Waals surface area contributed by atoms with Crippen LogP contribution < -0.4 is 0 Å². The van der Waals surface area contributed by atoms with Gasteiger partial charge in [0.15, 0.2) is 0 Å². The first kappa shape index (κ1) is 20.8. The Bertz CT molecular complexity index is 196. The van der Waals surface area contributed by atoms with Gasteiger partial charge in [-0.25, -0.2) is 0 Å². The van der Waals surface area contributed by atoms with E-state index in [1.807, 2.05) is 0 Å². The molecule has 20 heavy (non-hydrogen) atoms. The van der Waals surface area contributed by atoms with E-state index in [1.165, 1.54) is 38.5 Å². The summed E-state index contributed by atoms with van der Waals surface area (Å²) >= 11 is -2.07. The molecular formula is C18H41NSn. The summed E-state index contributed by atoms with van der Waals surface area (Å²) in [5.41, 5.74) is 0. The van der Waals surface area contributed by atoms with Gasteiger partial charge in [-0.05, 0) is 0 Å². The Kier molecular flexibility index (Phi) is 11.8. The third kappa shape index (κ3) is 6.68. The molecule has 0 saturated heterocycles. The van der Waals surface area contributed by atoms with Gasteiger partial charge in [0.1, 0.15) is 0 Å². The summed E-state index contributed by atoms with van der Waals surface area (Å²) in [6, 6.07) is 0. The number of nitrogens with zero attached hydrogens (tertiary/aromatic N) is 1. The Balaban J connectivity index is 5.27. The van der Waals surface area contributed by atoms with Crippen LogP contribution in [-0.4, -0.2) is 41.4 Å². The molecule has 0 rings (SSSR count). The summed E-state index contributed by atoms with van der Waals surface area (Å²) in [5.74, 6) is 0.839. The van der Waals surface area contributed by atoms with Gasteiger partial charge in [-0.1, -0.05) is 0 Å². The Hall–Kier alpha value is 0.759. The van der Waals surface area contributed by atoms with Crippen LogP contribution in [0.15, 0.2) is 0 Å². The molecule has 0 fully saturated rings. The van der Waals surface area contributed by atoms with E-state index in [9.17, 15) is 0 Å². The summed E-state index contributed by atoms with van der Waals surface area (Å²) < 4.78 is 5.83. The van der Waals surface area contributed by atoms with Crippen molar-refractivity contribution in [3.05, 3.63) is 0 Å². The summed E-state index contributed by atoms with van der Waals surface area (Å²) in [4.78, 5) is 2.61. The molecular weight excluding hydrogens is 349 g/mol. The number of hydrogen-bond donors (Lipinski definition) is 0. The summed E-state index contributed by atoms with van der Waals surface area (Å²) in [6.45, 7) is 12.1. The summed E-state index contributed by atoms with van der Waals surface area (Å²) in [5, 5.41) is 0. The minimum atomic E-state index is -2.07. The standard InChI is InChI=1S/C6H14N.3C4H9.Sn/c1-6(2)5-7(3)4;3*1-3-4-2;/h5-6H,1-4H3;3*1,3-4H2,2H3;. The zero-order valence-electron chi connectivity index (χ0n) is 15.5. The maximum atomic E-state index is 2.61. The van der Waals surface area contributed by atoms with E-state index in [-0.39, 0.29) is 0 Å². The van der Waals surface area contributed by atoms with Crippen LogP contribution >= 0.6 is 0 Å². The molecule has 0 aromatic carbocycles. The second-order valence-electron chi connectivity index (χ2n) is 7.33. The van der Waals surface area contributed by atoms with Crippen molar-refractivity contribution in [3.8, 4) is 0 Å². The second kappa shape index (κ2) is 11.3. The van der Waals surface area contributed by atoms with Gasteiger partial charge in [-0.2, -0.15) is 0 Å². The van der Waals surface area contributed by atoms with Crippen molar-refractivity contribution in [1.29, 1.82) is 0 Å². The first-order valence-electron chi connectivity index (χ1n) is 9.11. The molecule has 1 atom stereocenters. The molecule has 122 valence electrons. The van der Waals surface area contributed by atoms with E-state index >= 15 is 0 Å². The second-order valence-corrected chi connectivity index (χ2v) is 21.1. The van der Waals surface area contributed by atoms with Gasteiger partial charge in [0.25, 0.3) is 0 Å². The first-order valence-corrected chi connectivity index (χ1v) is 16.8. The average molecular weight is 390 g/mol. The SMILES string of the molecule is CCC[CH2][Sn]([CH2]CCC)([CH2]CCC)[CH](C(C)C)N(C)C. The molecule has 0 aliphatic rings. The molecule has 1 nitrogen and oxygen atoms in total. The molecule has 0 aromatic rings. The van der Waals surface area contributed by atoms with E-state index in [0.717, 1.165) is 9.98 Å². The zero-order chi connectivity index (χ0) is 15.6. The number of unbranched alkanes of at least 4 members (excludes halogenated alkanes) is 3. The van der Waals surface area contributed by atoms with Crippen LogP contribution in [0.2, 0.25) is 13.3 Å². The van der Waals surface area contributed by atoms with Crippen molar-refractivity contribution < 1.29 is 0 Å². The van der Waals surface area contributed by atoms with E-state index in [0.29, 0.717) is 0 Å². The topological polar surface area (TPSA) is 3.24 Å². The monoisotopic (exact) mass is 391 g/mol. The number of hydrogen-bond acceptors (Lipinski definition) is 1. The molecule has 0 aliphatic heterocycles. The van der Waals surface area contributed by atoms with Crippen molar-refractivity contribution in [2.45, 2.75) is 90.5 Å². The van der Waals surface area contributed by atoms with Crippen molar-refractivity contribution in [2.75, 3.05) is 14.1 Å². The predicted molar refractivity (Wildman–Crippen MR) is 97.2 cm³/mol. The summed E-state index contributed by atoms with van der Waals surface area (Å²) in [7, 11) is 4.69.